The summed E-state index contributed by atoms with van der Waals surface area (Å²) < 4.78 is 47.1. The fourth-order valence-electron chi connectivity index (χ4n) is 4.04. The Morgan fingerprint density at radius 2 is 1.69 bits per heavy atom. The van der Waals surface area contributed by atoms with Crippen LogP contribution in [-0.2, 0) is 19.3 Å². The van der Waals surface area contributed by atoms with Crippen LogP contribution in [0.15, 0.2) is 97.2 Å². The molecule has 7 heteroatoms. The molecule has 0 N–H and O–H groups in total. The number of pyridine rings is 1. The smallest absolute Gasteiger partial charge is 0.416 e. The van der Waals surface area contributed by atoms with Crippen molar-refractivity contribution in [3.8, 4) is 17.0 Å². The standard InChI is InChI=1S/C28H20ClF3N2O/c29-25-10-2-1-9-24(25)27-15-20-11-12-23(16-26(20)34(27)17-22-8-3-4-13-33-22)35-18-19-6-5-7-21(14-19)28(30,31)32/h1-16H,17-18H2. The number of nitrogens with zero attached hydrogens (tertiary/aromatic N) is 2. The molecule has 176 valence electrons. The molecule has 0 aliphatic heterocycles. The van der Waals surface area contributed by atoms with Crippen molar-refractivity contribution in [3.05, 3.63) is 119 Å². The molecule has 0 amide bonds. The molecule has 0 fully saturated rings. The lowest BCUT2D eigenvalue weighted by Crippen LogP contribution is -2.06. The third kappa shape index (κ3) is 5.03. The van der Waals surface area contributed by atoms with Gasteiger partial charge in [0.1, 0.15) is 12.4 Å². The van der Waals surface area contributed by atoms with Gasteiger partial charge in [0, 0.05) is 28.2 Å². The summed E-state index contributed by atoms with van der Waals surface area (Å²) in [5.41, 5.74) is 3.38. The Bertz CT molecular complexity index is 1480. The van der Waals surface area contributed by atoms with E-state index in [0.717, 1.165) is 40.0 Å². The number of ether oxygens (including phenoxy) is 1. The van der Waals surface area contributed by atoms with Crippen molar-refractivity contribution in [3.63, 3.8) is 0 Å². The van der Waals surface area contributed by atoms with E-state index in [2.05, 4.69) is 15.6 Å². The van der Waals surface area contributed by atoms with E-state index < -0.39 is 11.7 Å². The van der Waals surface area contributed by atoms with Gasteiger partial charge in [-0.3, -0.25) is 4.98 Å². The van der Waals surface area contributed by atoms with Gasteiger partial charge in [-0.05, 0) is 54.1 Å². The Morgan fingerprint density at radius 1 is 0.857 bits per heavy atom. The number of alkyl halides is 3. The second kappa shape index (κ2) is 9.47. The van der Waals surface area contributed by atoms with E-state index in [1.54, 1.807) is 12.3 Å². The van der Waals surface area contributed by atoms with Crippen molar-refractivity contribution in [2.75, 3.05) is 0 Å². The van der Waals surface area contributed by atoms with Crippen LogP contribution in [0.3, 0.4) is 0 Å². The Hall–Kier alpha value is -3.77. The molecule has 3 nitrogen and oxygen atoms in total. The van der Waals surface area contributed by atoms with Gasteiger partial charge in [-0.1, -0.05) is 48.0 Å². The Labute approximate surface area is 205 Å². The quantitative estimate of drug-likeness (QED) is 0.240. The number of aromatic nitrogens is 2. The molecular formula is C28H20ClF3N2O. The number of halogens is 4. The average Bonchev–Trinajstić information content (AvgIpc) is 3.20. The van der Waals surface area contributed by atoms with Crippen molar-refractivity contribution in [1.82, 2.24) is 9.55 Å². The molecule has 2 heterocycles. The first kappa shape index (κ1) is 23.0. The molecule has 5 rings (SSSR count). The number of rotatable bonds is 6. The second-order valence-electron chi connectivity index (χ2n) is 8.12. The van der Waals surface area contributed by atoms with E-state index in [0.29, 0.717) is 22.9 Å². The number of benzene rings is 3. The number of hydrogen-bond donors (Lipinski definition) is 0. The van der Waals surface area contributed by atoms with Crippen LogP contribution in [0.2, 0.25) is 5.02 Å². The number of hydrogen-bond acceptors (Lipinski definition) is 2. The minimum absolute atomic E-state index is 0.0216. The molecule has 0 atom stereocenters. The first-order chi connectivity index (χ1) is 16.9. The lowest BCUT2D eigenvalue weighted by molar-refractivity contribution is -0.137. The Balaban J connectivity index is 1.51. The third-order valence-corrected chi connectivity index (χ3v) is 6.06. The second-order valence-corrected chi connectivity index (χ2v) is 8.53. The molecular weight excluding hydrogens is 473 g/mol. The van der Waals surface area contributed by atoms with E-state index in [-0.39, 0.29) is 6.61 Å². The molecule has 0 radical (unpaired) electrons. The first-order valence-corrected chi connectivity index (χ1v) is 11.3. The summed E-state index contributed by atoms with van der Waals surface area (Å²) in [6, 6.07) is 26.3. The predicted octanol–water partition coefficient (Wildman–Crippen LogP) is 8.00. The zero-order valence-corrected chi connectivity index (χ0v) is 19.2. The van der Waals surface area contributed by atoms with Crippen LogP contribution in [0, 0.1) is 0 Å². The fourth-order valence-corrected chi connectivity index (χ4v) is 4.28. The van der Waals surface area contributed by atoms with Gasteiger partial charge in [0.25, 0.3) is 0 Å². The van der Waals surface area contributed by atoms with Crippen molar-refractivity contribution < 1.29 is 17.9 Å². The van der Waals surface area contributed by atoms with Gasteiger partial charge in [0.2, 0.25) is 0 Å². The van der Waals surface area contributed by atoms with Crippen LogP contribution in [0.25, 0.3) is 22.2 Å². The van der Waals surface area contributed by atoms with Crippen LogP contribution < -0.4 is 4.74 Å². The molecule has 0 saturated carbocycles. The van der Waals surface area contributed by atoms with E-state index in [1.807, 2.05) is 60.7 Å². The van der Waals surface area contributed by atoms with Gasteiger partial charge in [-0.25, -0.2) is 0 Å². The van der Waals surface area contributed by atoms with Crippen LogP contribution in [0.1, 0.15) is 16.8 Å². The van der Waals surface area contributed by atoms with E-state index in [1.165, 1.54) is 6.07 Å². The summed E-state index contributed by atoms with van der Waals surface area (Å²) in [6.07, 6.45) is -2.64. The zero-order valence-electron chi connectivity index (χ0n) is 18.5. The molecule has 2 aromatic heterocycles. The highest BCUT2D eigenvalue weighted by Gasteiger charge is 2.30. The van der Waals surface area contributed by atoms with Gasteiger partial charge >= 0.3 is 6.18 Å². The Kier molecular flexibility index (Phi) is 6.22. The molecule has 3 aromatic carbocycles. The normalized spacial score (nSPS) is 11.7. The van der Waals surface area contributed by atoms with Gasteiger partial charge in [-0.15, -0.1) is 0 Å². The van der Waals surface area contributed by atoms with Crippen LogP contribution >= 0.6 is 11.6 Å². The molecule has 0 unspecified atom stereocenters. The molecule has 35 heavy (non-hydrogen) atoms. The van der Waals surface area contributed by atoms with Crippen molar-refractivity contribution in [2.24, 2.45) is 0 Å². The SMILES string of the molecule is FC(F)(F)c1cccc(COc2ccc3cc(-c4ccccc4Cl)n(Cc4ccccn4)c3c2)c1. The minimum atomic E-state index is -4.39. The van der Waals surface area contributed by atoms with Crippen LogP contribution in [0.5, 0.6) is 5.75 Å². The first-order valence-electron chi connectivity index (χ1n) is 11.0. The largest absolute Gasteiger partial charge is 0.489 e. The topological polar surface area (TPSA) is 27.1 Å². The molecule has 5 aromatic rings. The summed E-state index contributed by atoms with van der Waals surface area (Å²) >= 11 is 6.52. The van der Waals surface area contributed by atoms with Crippen LogP contribution in [-0.4, -0.2) is 9.55 Å². The maximum Gasteiger partial charge on any atom is 0.416 e. The van der Waals surface area contributed by atoms with E-state index in [4.69, 9.17) is 16.3 Å². The predicted molar refractivity (Wildman–Crippen MR) is 131 cm³/mol. The lowest BCUT2D eigenvalue weighted by Gasteiger charge is -2.13. The van der Waals surface area contributed by atoms with Crippen molar-refractivity contribution in [2.45, 2.75) is 19.3 Å². The zero-order chi connectivity index (χ0) is 24.4. The number of fused-ring (bicyclic) bond motifs is 1. The maximum atomic E-state index is 13.0. The summed E-state index contributed by atoms with van der Waals surface area (Å²) in [4.78, 5) is 4.47. The summed E-state index contributed by atoms with van der Waals surface area (Å²) in [6.45, 7) is 0.537. The van der Waals surface area contributed by atoms with Gasteiger partial charge in [0.15, 0.2) is 0 Å². The molecule has 0 spiro atoms. The van der Waals surface area contributed by atoms with Gasteiger partial charge < -0.3 is 9.30 Å². The lowest BCUT2D eigenvalue weighted by atomic mass is 10.1. The molecule has 0 aliphatic carbocycles. The molecule has 0 bridgehead atoms. The summed E-state index contributed by atoms with van der Waals surface area (Å²) in [5.74, 6) is 0.556. The van der Waals surface area contributed by atoms with E-state index >= 15 is 0 Å². The van der Waals surface area contributed by atoms with Crippen molar-refractivity contribution >= 4 is 22.5 Å². The minimum Gasteiger partial charge on any atom is -0.489 e. The third-order valence-electron chi connectivity index (χ3n) is 5.73. The molecule has 0 aliphatic rings. The van der Waals surface area contributed by atoms with Gasteiger partial charge in [0.05, 0.1) is 29.0 Å². The summed E-state index contributed by atoms with van der Waals surface area (Å²) in [7, 11) is 0. The van der Waals surface area contributed by atoms with E-state index in [9.17, 15) is 13.2 Å². The Morgan fingerprint density at radius 3 is 2.46 bits per heavy atom. The summed E-state index contributed by atoms with van der Waals surface area (Å²) in [5, 5.41) is 1.63. The maximum absolute atomic E-state index is 13.0. The highest BCUT2D eigenvalue weighted by Crippen LogP contribution is 2.35. The monoisotopic (exact) mass is 492 g/mol. The average molecular weight is 493 g/mol. The highest BCUT2D eigenvalue weighted by molar-refractivity contribution is 6.33. The van der Waals surface area contributed by atoms with Crippen LogP contribution in [0.4, 0.5) is 13.2 Å². The highest BCUT2D eigenvalue weighted by atomic mass is 35.5. The van der Waals surface area contributed by atoms with Crippen molar-refractivity contribution in [1.29, 1.82) is 0 Å². The fraction of sp³-hybridized carbons (Fsp3) is 0.107. The molecule has 0 saturated heterocycles. The van der Waals surface area contributed by atoms with Gasteiger partial charge in [-0.2, -0.15) is 13.2 Å².